The number of fused-ring (bicyclic) bond motifs is 7. The highest BCUT2D eigenvalue weighted by atomic mass is 16.4. The van der Waals surface area contributed by atoms with E-state index in [0.717, 1.165) is 11.6 Å². The lowest BCUT2D eigenvalue weighted by Gasteiger charge is -2.43. The fourth-order valence-electron chi connectivity index (χ4n) is 6.04. The van der Waals surface area contributed by atoms with Gasteiger partial charge in [-0.3, -0.25) is 0 Å². The molecule has 3 heteroatoms. The van der Waals surface area contributed by atoms with Crippen molar-refractivity contribution in [1.29, 1.82) is 0 Å². The first-order valence-electron chi connectivity index (χ1n) is 10.3. The zero-order chi connectivity index (χ0) is 18.7. The van der Waals surface area contributed by atoms with Crippen LogP contribution in [0.2, 0.25) is 0 Å². The number of aromatic carboxylic acids is 1. The maximum absolute atomic E-state index is 11.5. The molecule has 2 saturated carbocycles. The average molecular weight is 361 g/mol. The Morgan fingerprint density at radius 1 is 1.07 bits per heavy atom. The number of hydrogen-bond donors (Lipinski definition) is 2. The molecule has 2 fully saturated rings. The first-order chi connectivity index (χ1) is 13.0. The number of benzene rings is 2. The molecule has 0 radical (unpaired) electrons. The summed E-state index contributed by atoms with van der Waals surface area (Å²) >= 11 is 0. The Labute approximate surface area is 160 Å². The third-order valence-corrected chi connectivity index (χ3v) is 7.30. The Hall–Kier alpha value is -2.29. The summed E-state index contributed by atoms with van der Waals surface area (Å²) in [6.45, 7) is 4.46. The molecule has 0 spiro atoms. The highest BCUT2D eigenvalue weighted by molar-refractivity contribution is 5.88. The van der Waals surface area contributed by atoms with Crippen molar-refractivity contribution in [2.24, 2.45) is 17.8 Å². The van der Waals surface area contributed by atoms with Crippen molar-refractivity contribution in [3.8, 4) is 0 Å². The van der Waals surface area contributed by atoms with E-state index < -0.39 is 5.97 Å². The Kier molecular flexibility index (Phi) is 3.82. The molecule has 0 saturated heterocycles. The van der Waals surface area contributed by atoms with Gasteiger partial charge in [-0.2, -0.15) is 0 Å². The molecule has 3 aliphatic rings. The molecule has 27 heavy (non-hydrogen) atoms. The number of carboxylic acids is 1. The molecule has 2 bridgehead atoms. The molecule has 3 nitrogen and oxygen atoms in total. The van der Waals surface area contributed by atoms with Crippen LogP contribution in [0.5, 0.6) is 0 Å². The largest absolute Gasteiger partial charge is 0.478 e. The molecule has 0 unspecified atom stereocenters. The van der Waals surface area contributed by atoms with E-state index >= 15 is 0 Å². The Bertz CT molecular complexity index is 886. The summed E-state index contributed by atoms with van der Waals surface area (Å²) < 4.78 is 0. The number of carboxylic acid groups (broad SMARTS) is 1. The monoisotopic (exact) mass is 361 g/mol. The Morgan fingerprint density at radius 2 is 1.81 bits per heavy atom. The van der Waals surface area contributed by atoms with Crippen LogP contribution in [0, 0.1) is 17.8 Å². The second-order valence-corrected chi connectivity index (χ2v) is 8.99. The van der Waals surface area contributed by atoms with Crippen molar-refractivity contribution in [3.63, 3.8) is 0 Å². The molecule has 1 heterocycles. The second-order valence-electron chi connectivity index (χ2n) is 8.99. The third kappa shape index (κ3) is 2.59. The smallest absolute Gasteiger partial charge is 0.335 e. The summed E-state index contributed by atoms with van der Waals surface area (Å²) in [6.07, 6.45) is 3.91. The van der Waals surface area contributed by atoms with Crippen molar-refractivity contribution in [3.05, 3.63) is 64.7 Å². The normalized spacial score (nSPS) is 30.7. The van der Waals surface area contributed by atoms with E-state index in [4.69, 9.17) is 0 Å². The van der Waals surface area contributed by atoms with Gasteiger partial charge in [0.1, 0.15) is 0 Å². The Balaban J connectivity index is 1.57. The summed E-state index contributed by atoms with van der Waals surface area (Å²) in [5.41, 5.74) is 5.53. The zero-order valence-electron chi connectivity index (χ0n) is 16.0. The maximum Gasteiger partial charge on any atom is 0.335 e. The molecule has 0 aromatic heterocycles. The number of anilines is 1. The number of hydrogen-bond acceptors (Lipinski definition) is 2. The minimum absolute atomic E-state index is 0.328. The van der Waals surface area contributed by atoms with Gasteiger partial charge in [0.05, 0.1) is 11.6 Å². The quantitative estimate of drug-likeness (QED) is 0.726. The molecule has 2 aliphatic carbocycles. The molecule has 5 rings (SSSR count). The first-order valence-corrected chi connectivity index (χ1v) is 10.3. The van der Waals surface area contributed by atoms with E-state index in [9.17, 15) is 9.90 Å². The lowest BCUT2D eigenvalue weighted by molar-refractivity contribution is 0.0696. The van der Waals surface area contributed by atoms with Crippen molar-refractivity contribution in [2.75, 3.05) is 5.32 Å². The van der Waals surface area contributed by atoms with E-state index in [1.807, 2.05) is 12.1 Å². The fourth-order valence-corrected chi connectivity index (χ4v) is 6.04. The highest BCUT2D eigenvalue weighted by Crippen LogP contribution is 2.63. The molecular weight excluding hydrogens is 334 g/mol. The SMILES string of the molecule is CC(C)c1ccc([C@@H]2Nc3ccc(C(=O)O)cc3[C@H]3[C@H]4CC[C@@H](C4)[C@@H]32)cc1. The summed E-state index contributed by atoms with van der Waals surface area (Å²) in [7, 11) is 0. The van der Waals surface area contributed by atoms with Crippen LogP contribution in [0.1, 0.15) is 78.0 Å². The highest BCUT2D eigenvalue weighted by Gasteiger charge is 2.53. The van der Waals surface area contributed by atoms with Gasteiger partial charge in [-0.25, -0.2) is 4.79 Å². The van der Waals surface area contributed by atoms with Crippen molar-refractivity contribution >= 4 is 11.7 Å². The molecule has 2 aromatic carbocycles. The van der Waals surface area contributed by atoms with Gasteiger partial charge < -0.3 is 10.4 Å². The maximum atomic E-state index is 11.5. The molecule has 1 aliphatic heterocycles. The lowest BCUT2D eigenvalue weighted by atomic mass is 9.68. The van der Waals surface area contributed by atoms with Crippen molar-refractivity contribution < 1.29 is 9.90 Å². The van der Waals surface area contributed by atoms with Gasteiger partial charge in [-0.1, -0.05) is 38.1 Å². The Morgan fingerprint density at radius 3 is 2.52 bits per heavy atom. The van der Waals surface area contributed by atoms with E-state index in [0.29, 0.717) is 35.3 Å². The van der Waals surface area contributed by atoms with Gasteiger partial charge >= 0.3 is 5.97 Å². The van der Waals surface area contributed by atoms with Crippen LogP contribution in [0.25, 0.3) is 0 Å². The lowest BCUT2D eigenvalue weighted by Crippen LogP contribution is -2.35. The van der Waals surface area contributed by atoms with Crippen molar-refractivity contribution in [2.45, 2.75) is 51.0 Å². The number of carbonyl (C=O) groups is 1. The zero-order valence-corrected chi connectivity index (χ0v) is 16.0. The second kappa shape index (κ2) is 6.12. The van der Waals surface area contributed by atoms with Crippen LogP contribution in [0.4, 0.5) is 5.69 Å². The molecule has 5 atom stereocenters. The fraction of sp³-hybridized carbons (Fsp3) is 0.458. The minimum Gasteiger partial charge on any atom is -0.478 e. The van der Waals surface area contributed by atoms with Gasteiger partial charge in [0.2, 0.25) is 0 Å². The molecule has 2 aromatic rings. The summed E-state index contributed by atoms with van der Waals surface area (Å²) in [5.74, 6) is 2.25. The minimum atomic E-state index is -0.830. The van der Waals surface area contributed by atoms with Crippen LogP contribution in [0.15, 0.2) is 42.5 Å². The van der Waals surface area contributed by atoms with Gasteiger partial charge in [0.15, 0.2) is 0 Å². The number of nitrogens with one attached hydrogen (secondary N) is 1. The van der Waals surface area contributed by atoms with Crippen LogP contribution >= 0.6 is 0 Å². The molecular formula is C24H27NO2. The van der Waals surface area contributed by atoms with Gasteiger partial charge in [0.25, 0.3) is 0 Å². The van der Waals surface area contributed by atoms with Crippen LogP contribution in [-0.2, 0) is 0 Å². The van der Waals surface area contributed by atoms with Crippen LogP contribution in [-0.4, -0.2) is 11.1 Å². The summed E-state index contributed by atoms with van der Waals surface area (Å²) in [5, 5.41) is 13.2. The first kappa shape index (κ1) is 16.9. The molecule has 0 amide bonds. The number of rotatable bonds is 3. The average Bonchev–Trinajstić information content (AvgIpc) is 3.29. The predicted molar refractivity (Wildman–Crippen MR) is 107 cm³/mol. The van der Waals surface area contributed by atoms with Gasteiger partial charge in [-0.05, 0) is 83.7 Å². The topological polar surface area (TPSA) is 49.3 Å². The molecule has 2 N–H and O–H groups in total. The van der Waals surface area contributed by atoms with Gasteiger partial charge in [-0.15, -0.1) is 0 Å². The van der Waals surface area contributed by atoms with Crippen molar-refractivity contribution in [1.82, 2.24) is 0 Å². The predicted octanol–water partition coefficient (Wildman–Crippen LogP) is 5.80. The van der Waals surface area contributed by atoms with Crippen LogP contribution < -0.4 is 5.32 Å². The van der Waals surface area contributed by atoms with E-state index in [1.165, 1.54) is 36.0 Å². The standard InChI is InChI=1S/C24H27NO2/c1-13(2)14-3-5-15(6-4-14)23-22-17-8-7-16(11-17)21(22)19-12-18(24(26)27)9-10-20(19)25-23/h3-6,9-10,12-13,16-17,21-23,25H,7-8,11H2,1-2H3,(H,26,27)/t16-,17-,21+,22-,23-/m0/s1. The summed E-state index contributed by atoms with van der Waals surface area (Å²) in [6, 6.07) is 15.1. The van der Waals surface area contributed by atoms with Gasteiger partial charge in [0, 0.05) is 5.69 Å². The molecule has 140 valence electrons. The van der Waals surface area contributed by atoms with E-state index in [-0.39, 0.29) is 0 Å². The van der Waals surface area contributed by atoms with E-state index in [2.05, 4.69) is 43.4 Å². The van der Waals surface area contributed by atoms with Crippen LogP contribution in [0.3, 0.4) is 0 Å². The van der Waals surface area contributed by atoms with E-state index in [1.54, 1.807) is 6.07 Å². The third-order valence-electron chi connectivity index (χ3n) is 7.30. The summed E-state index contributed by atoms with van der Waals surface area (Å²) in [4.78, 5) is 11.5.